The van der Waals surface area contributed by atoms with Gasteiger partial charge in [-0.2, -0.15) is 0 Å². The maximum absolute atomic E-state index is 2.60. The van der Waals surface area contributed by atoms with E-state index >= 15 is 0 Å². The van der Waals surface area contributed by atoms with Crippen LogP contribution in [-0.4, -0.2) is 0 Å². The fourth-order valence-electron chi connectivity index (χ4n) is 5.18. The molecule has 150 valence electrons. The quantitative estimate of drug-likeness (QED) is 0.496. The minimum atomic E-state index is -0.301. The summed E-state index contributed by atoms with van der Waals surface area (Å²) in [4.78, 5) is 0. The molecule has 2 atom stereocenters. The predicted octanol–water partition coefficient (Wildman–Crippen LogP) is 1.69. The molecule has 0 saturated heterocycles. The van der Waals surface area contributed by atoms with Crippen LogP contribution in [0.15, 0.2) is 70.6 Å². The van der Waals surface area contributed by atoms with Crippen LogP contribution < -0.4 is 24.8 Å². The van der Waals surface area contributed by atoms with Crippen LogP contribution in [0, 0.1) is 0 Å². The molecular weight excluding hydrogens is 462 g/mol. The summed E-state index contributed by atoms with van der Waals surface area (Å²) in [5.74, 6) is 0. The zero-order valence-electron chi connectivity index (χ0n) is 16.7. The zero-order valence-corrected chi connectivity index (χ0v) is 20.7. The van der Waals surface area contributed by atoms with Crippen molar-refractivity contribution >= 4 is 29.4 Å². The molecule has 3 aliphatic carbocycles. The minimum absolute atomic E-state index is 0. The maximum atomic E-state index is 2.60. The van der Waals surface area contributed by atoms with E-state index in [4.69, 9.17) is 0 Å². The Kier molecular flexibility index (Phi) is 6.83. The Bertz CT molecular complexity index is 1180. The normalized spacial score (nSPS) is 19.2. The number of fused-ring (bicyclic) bond motifs is 4. The van der Waals surface area contributed by atoms with E-state index in [-0.39, 0.29) is 51.5 Å². The van der Waals surface area contributed by atoms with Gasteiger partial charge in [-0.05, 0) is 0 Å². The van der Waals surface area contributed by atoms with Gasteiger partial charge in [-0.3, -0.25) is 0 Å². The second-order valence-electron chi connectivity index (χ2n) is 8.08. The smallest absolute Gasteiger partial charge is 1.00 e. The summed E-state index contributed by atoms with van der Waals surface area (Å²) in [5, 5.41) is 6.82. The molecule has 0 saturated carbocycles. The van der Waals surface area contributed by atoms with Gasteiger partial charge in [-0.15, -0.1) is 0 Å². The third-order valence-corrected chi connectivity index (χ3v) is 12.2. The first-order chi connectivity index (χ1) is 13.9. The zero-order chi connectivity index (χ0) is 18.5. The van der Waals surface area contributed by atoms with Crippen molar-refractivity contribution in [1.29, 1.82) is 0 Å². The summed E-state index contributed by atoms with van der Waals surface area (Å²) < 4.78 is 2.39. The largest absolute Gasteiger partial charge is 1.00 e. The van der Waals surface area contributed by atoms with Crippen LogP contribution in [0.3, 0.4) is 0 Å². The van der Waals surface area contributed by atoms with Crippen LogP contribution in [0.25, 0.3) is 21.9 Å². The molecule has 0 fully saturated rings. The fraction of sp³-hybridized carbons (Fsp3) is 0.231. The molecular formula is C26H23Cl2PTi. The van der Waals surface area contributed by atoms with Gasteiger partial charge in [0.2, 0.25) is 0 Å². The molecule has 1 heterocycles. The maximum Gasteiger partial charge on any atom is -1.00 e. The van der Waals surface area contributed by atoms with Crippen LogP contribution in [0.5, 0.6) is 0 Å². The third kappa shape index (κ3) is 3.62. The second-order valence-corrected chi connectivity index (χ2v) is 12.6. The average Bonchev–Trinajstić information content (AvgIpc) is 3.45. The first-order valence-electron chi connectivity index (χ1n) is 10.4. The Morgan fingerprint density at radius 1 is 0.900 bits per heavy atom. The van der Waals surface area contributed by atoms with E-state index < -0.39 is 0 Å². The van der Waals surface area contributed by atoms with E-state index in [9.17, 15) is 0 Å². The summed E-state index contributed by atoms with van der Waals surface area (Å²) in [6.07, 6.45) is 16.1. The van der Waals surface area contributed by atoms with E-state index in [0.717, 1.165) is 0 Å². The third-order valence-electron chi connectivity index (χ3n) is 6.44. The molecule has 4 heteroatoms. The van der Waals surface area contributed by atoms with Crippen LogP contribution in [0.2, 0.25) is 0 Å². The van der Waals surface area contributed by atoms with Gasteiger partial charge >= 0.3 is 178 Å². The predicted molar refractivity (Wildman–Crippen MR) is 118 cm³/mol. The summed E-state index contributed by atoms with van der Waals surface area (Å²) >= 11 is -0.186. The van der Waals surface area contributed by atoms with E-state index in [1.807, 2.05) is 5.30 Å². The molecule has 2 aromatic carbocycles. The molecule has 30 heavy (non-hydrogen) atoms. The molecule has 0 spiro atoms. The first kappa shape index (κ1) is 22.2. The van der Waals surface area contributed by atoms with Crippen LogP contribution in [0.1, 0.15) is 45.5 Å². The average molecular weight is 485 g/mol. The molecule has 1 aromatic heterocycles. The molecule has 0 radical (unpaired) electrons. The van der Waals surface area contributed by atoms with Crippen molar-refractivity contribution in [3.63, 3.8) is 0 Å². The van der Waals surface area contributed by atoms with Gasteiger partial charge in [0, 0.05) is 0 Å². The summed E-state index contributed by atoms with van der Waals surface area (Å²) in [6, 6.07) is 18.6. The first-order valence-corrected chi connectivity index (χ1v) is 13.5. The summed E-state index contributed by atoms with van der Waals surface area (Å²) in [6.45, 7) is 0. The van der Waals surface area contributed by atoms with E-state index in [2.05, 4.69) is 72.8 Å². The van der Waals surface area contributed by atoms with Crippen molar-refractivity contribution in [2.45, 2.75) is 36.3 Å². The fourth-order valence-corrected chi connectivity index (χ4v) is 11.4. The monoisotopic (exact) mass is 484 g/mol. The van der Waals surface area contributed by atoms with Gasteiger partial charge in [0.1, 0.15) is 0 Å². The van der Waals surface area contributed by atoms with E-state index in [1.54, 1.807) is 30.8 Å². The molecule has 2 unspecified atom stereocenters. The molecule has 0 aliphatic heterocycles. The topological polar surface area (TPSA) is 0 Å². The number of hydrogen-bond acceptors (Lipinski definition) is 0. The van der Waals surface area contributed by atoms with Crippen molar-refractivity contribution in [1.82, 2.24) is 0 Å². The molecule has 3 aromatic rings. The molecule has 0 nitrogen and oxygen atoms in total. The molecule has 0 N–H and O–H groups in total. The standard InChI is InChI=1S/C21H18P.C5H5.2ClH.Ti/c1-2-8-16-14-17(13-15(16)7-1)22-20-11-5-3-9-18(20)19-10-4-6-12-21(19)22;1-2-4-5-3-1;;;/h1-3,5,7-9,11,13-14H,4,6,10,12H2;1-3H,4H2;2*1H;/q;;;;+2/p-2. The Morgan fingerprint density at radius 3 is 2.57 bits per heavy atom. The van der Waals surface area contributed by atoms with Crippen molar-refractivity contribution in [2.75, 3.05) is 0 Å². The van der Waals surface area contributed by atoms with Gasteiger partial charge < -0.3 is 24.8 Å². The Labute approximate surface area is 201 Å². The van der Waals surface area contributed by atoms with Gasteiger partial charge in [-0.25, -0.2) is 0 Å². The van der Waals surface area contributed by atoms with Gasteiger partial charge in [0.25, 0.3) is 0 Å². The Morgan fingerprint density at radius 2 is 1.70 bits per heavy atom. The summed E-state index contributed by atoms with van der Waals surface area (Å²) in [7, 11) is -0.301. The molecule has 0 bridgehead atoms. The number of hydrogen-bond donors (Lipinski definition) is 0. The second kappa shape index (κ2) is 9.24. The molecule has 3 aliphatic rings. The molecule has 0 amide bonds. The van der Waals surface area contributed by atoms with E-state index in [0.29, 0.717) is 4.22 Å². The number of benzene rings is 2. The van der Waals surface area contributed by atoms with Crippen molar-refractivity contribution in [3.05, 3.63) is 92.6 Å². The van der Waals surface area contributed by atoms with E-state index in [1.165, 1.54) is 37.7 Å². The minimum Gasteiger partial charge on any atom is -1.00 e. The summed E-state index contributed by atoms with van der Waals surface area (Å²) in [5.41, 5.74) is 4.81. The van der Waals surface area contributed by atoms with Crippen LogP contribution in [-0.2, 0) is 32.0 Å². The number of allylic oxidation sites excluding steroid dienone is 5. The molecule has 6 rings (SSSR count). The number of halogens is 2. The van der Waals surface area contributed by atoms with Crippen molar-refractivity contribution in [3.8, 4) is 0 Å². The van der Waals surface area contributed by atoms with Crippen molar-refractivity contribution < 1.29 is 44.0 Å². The van der Waals surface area contributed by atoms with Crippen LogP contribution in [0.4, 0.5) is 0 Å². The Hall–Kier alpha value is -1.01. The number of aryl methyl sites for hydroxylation is 1. The van der Waals surface area contributed by atoms with Gasteiger partial charge in [-0.1, -0.05) is 0 Å². The number of rotatable bonds is 3. The van der Waals surface area contributed by atoms with Crippen LogP contribution >= 0.6 is 7.53 Å². The van der Waals surface area contributed by atoms with Gasteiger partial charge in [0.15, 0.2) is 0 Å². The van der Waals surface area contributed by atoms with Crippen molar-refractivity contribution in [2.24, 2.45) is 0 Å². The van der Waals surface area contributed by atoms with Gasteiger partial charge in [0.05, 0.1) is 0 Å². The Balaban J connectivity index is 0.00000109. The SMILES string of the molecule is C1=CC[C]([Ti+2][CH]2C(p3c4c(c5ccccc53)CCCC4)=Cc3ccccc32)=C1.[Cl-].[Cl-].